The minimum absolute atomic E-state index is 0.151. The zero-order valence-electron chi connectivity index (χ0n) is 17.3. The van der Waals surface area contributed by atoms with Crippen molar-refractivity contribution >= 4 is 28.3 Å². The molecule has 7 heteroatoms. The molecule has 4 rings (SSSR count). The minimum atomic E-state index is -0.607. The third kappa shape index (κ3) is 4.86. The summed E-state index contributed by atoms with van der Waals surface area (Å²) in [6.45, 7) is 2.11. The fourth-order valence-electron chi connectivity index (χ4n) is 3.28. The number of aromatic nitrogens is 2. The molecule has 1 heterocycles. The molecule has 4 aromatic rings. The standard InChI is InChI=1S/C24H22ClN3O3/c1-3-21(30-20-13-10-16-6-4-5-7-18(16)14-20)24(29)28(2)15-22-26-23(27-31-22)17-8-11-19(25)12-9-17/h4-14,21H,3,15H2,1-2H3/t21-/m0/s1. The lowest BCUT2D eigenvalue weighted by Crippen LogP contribution is -2.39. The number of halogens is 1. The van der Waals surface area contributed by atoms with E-state index < -0.39 is 6.10 Å². The van der Waals surface area contributed by atoms with Crippen molar-refractivity contribution in [1.82, 2.24) is 15.0 Å². The van der Waals surface area contributed by atoms with E-state index in [1.807, 2.05) is 61.5 Å². The summed E-state index contributed by atoms with van der Waals surface area (Å²) in [5, 5.41) is 6.82. The zero-order valence-corrected chi connectivity index (χ0v) is 18.0. The second-order valence-corrected chi connectivity index (χ2v) is 7.67. The number of nitrogens with zero attached hydrogens (tertiary/aromatic N) is 3. The molecule has 1 atom stereocenters. The third-order valence-electron chi connectivity index (χ3n) is 4.96. The average molecular weight is 436 g/mol. The first-order chi connectivity index (χ1) is 15.0. The molecule has 6 nitrogen and oxygen atoms in total. The number of fused-ring (bicyclic) bond motifs is 1. The lowest BCUT2D eigenvalue weighted by Gasteiger charge is -2.22. The van der Waals surface area contributed by atoms with E-state index in [1.165, 1.54) is 4.90 Å². The minimum Gasteiger partial charge on any atom is -0.481 e. The Morgan fingerprint density at radius 1 is 1.10 bits per heavy atom. The lowest BCUT2D eigenvalue weighted by atomic mass is 10.1. The highest BCUT2D eigenvalue weighted by Crippen LogP contribution is 2.23. The van der Waals surface area contributed by atoms with Crippen LogP contribution in [-0.4, -0.2) is 34.1 Å². The Bertz CT molecular complexity index is 1190. The molecule has 0 bridgehead atoms. The number of hydrogen-bond acceptors (Lipinski definition) is 5. The van der Waals surface area contributed by atoms with Crippen LogP contribution in [0.2, 0.25) is 5.02 Å². The molecular formula is C24H22ClN3O3. The van der Waals surface area contributed by atoms with E-state index in [0.29, 0.717) is 28.9 Å². The maximum atomic E-state index is 13.0. The van der Waals surface area contributed by atoms with Gasteiger partial charge in [-0.2, -0.15) is 4.98 Å². The molecule has 0 radical (unpaired) electrons. The van der Waals surface area contributed by atoms with Crippen molar-refractivity contribution in [3.05, 3.63) is 77.6 Å². The molecule has 0 saturated heterocycles. The molecule has 0 aliphatic rings. The molecule has 31 heavy (non-hydrogen) atoms. The van der Waals surface area contributed by atoms with E-state index in [-0.39, 0.29) is 12.5 Å². The summed E-state index contributed by atoms with van der Waals surface area (Å²) in [7, 11) is 1.70. The molecule has 1 aromatic heterocycles. The maximum absolute atomic E-state index is 13.0. The Morgan fingerprint density at radius 3 is 2.58 bits per heavy atom. The van der Waals surface area contributed by atoms with Crippen molar-refractivity contribution in [2.45, 2.75) is 26.0 Å². The third-order valence-corrected chi connectivity index (χ3v) is 5.22. The second-order valence-electron chi connectivity index (χ2n) is 7.24. The monoisotopic (exact) mass is 435 g/mol. The Balaban J connectivity index is 1.42. The number of rotatable bonds is 7. The summed E-state index contributed by atoms with van der Waals surface area (Å²) in [6.07, 6.45) is -0.0691. The smallest absolute Gasteiger partial charge is 0.263 e. The van der Waals surface area contributed by atoms with Crippen LogP contribution in [0.1, 0.15) is 19.2 Å². The van der Waals surface area contributed by atoms with Gasteiger partial charge in [-0.25, -0.2) is 0 Å². The van der Waals surface area contributed by atoms with Crippen LogP contribution < -0.4 is 4.74 Å². The predicted octanol–water partition coefficient (Wildman–Crippen LogP) is 5.36. The van der Waals surface area contributed by atoms with Crippen LogP contribution in [0, 0.1) is 0 Å². The van der Waals surface area contributed by atoms with Crippen LogP contribution in [-0.2, 0) is 11.3 Å². The first-order valence-corrected chi connectivity index (χ1v) is 10.4. The number of carbonyl (C=O) groups is 1. The van der Waals surface area contributed by atoms with Gasteiger partial charge in [0.1, 0.15) is 5.75 Å². The van der Waals surface area contributed by atoms with E-state index in [4.69, 9.17) is 20.9 Å². The lowest BCUT2D eigenvalue weighted by molar-refractivity contribution is -0.138. The Hall–Kier alpha value is -3.38. The summed E-state index contributed by atoms with van der Waals surface area (Å²) in [5.74, 6) is 1.31. The Morgan fingerprint density at radius 2 is 1.84 bits per heavy atom. The fraction of sp³-hybridized carbons (Fsp3) is 0.208. The maximum Gasteiger partial charge on any atom is 0.263 e. The van der Waals surface area contributed by atoms with E-state index in [1.54, 1.807) is 19.2 Å². The summed E-state index contributed by atoms with van der Waals surface area (Å²) in [4.78, 5) is 18.9. The van der Waals surface area contributed by atoms with Crippen LogP contribution in [0.5, 0.6) is 5.75 Å². The Labute approximate surface area is 185 Å². The fourth-order valence-corrected chi connectivity index (χ4v) is 3.40. The number of hydrogen-bond donors (Lipinski definition) is 0. The highest BCUT2D eigenvalue weighted by atomic mass is 35.5. The molecule has 0 aliphatic carbocycles. The molecule has 0 spiro atoms. The van der Waals surface area contributed by atoms with Crippen LogP contribution >= 0.6 is 11.6 Å². The largest absolute Gasteiger partial charge is 0.481 e. The van der Waals surface area contributed by atoms with Gasteiger partial charge in [-0.05, 0) is 53.6 Å². The van der Waals surface area contributed by atoms with E-state index in [0.717, 1.165) is 16.3 Å². The molecule has 0 aliphatic heterocycles. The van der Waals surface area contributed by atoms with E-state index in [2.05, 4.69) is 10.1 Å². The van der Waals surface area contributed by atoms with Crippen LogP contribution in [0.3, 0.4) is 0 Å². The van der Waals surface area contributed by atoms with Gasteiger partial charge in [0.15, 0.2) is 6.10 Å². The number of likely N-dealkylation sites (N-methyl/N-ethyl adjacent to an activating group) is 1. The van der Waals surface area contributed by atoms with Crippen LogP contribution in [0.4, 0.5) is 0 Å². The number of amides is 1. The van der Waals surface area contributed by atoms with Gasteiger partial charge >= 0.3 is 0 Å². The van der Waals surface area contributed by atoms with Gasteiger partial charge in [0.25, 0.3) is 5.91 Å². The van der Waals surface area contributed by atoms with Crippen molar-refractivity contribution in [1.29, 1.82) is 0 Å². The summed E-state index contributed by atoms with van der Waals surface area (Å²) in [5.41, 5.74) is 0.791. The first-order valence-electron chi connectivity index (χ1n) is 10.0. The van der Waals surface area contributed by atoms with E-state index >= 15 is 0 Å². The number of benzene rings is 3. The molecule has 158 valence electrons. The normalized spacial score (nSPS) is 12.0. The number of ether oxygens (including phenoxy) is 1. The quantitative estimate of drug-likeness (QED) is 0.391. The first kappa shape index (κ1) is 20.9. The van der Waals surface area contributed by atoms with Crippen LogP contribution in [0.15, 0.2) is 71.3 Å². The van der Waals surface area contributed by atoms with Crippen molar-refractivity contribution < 1.29 is 14.1 Å². The van der Waals surface area contributed by atoms with Gasteiger partial charge in [0, 0.05) is 17.6 Å². The molecule has 0 saturated carbocycles. The van der Waals surface area contributed by atoms with Crippen molar-refractivity contribution in [3.63, 3.8) is 0 Å². The predicted molar refractivity (Wildman–Crippen MR) is 120 cm³/mol. The molecule has 0 fully saturated rings. The molecular weight excluding hydrogens is 414 g/mol. The van der Waals surface area contributed by atoms with Gasteiger partial charge < -0.3 is 14.2 Å². The van der Waals surface area contributed by atoms with E-state index in [9.17, 15) is 4.79 Å². The van der Waals surface area contributed by atoms with Gasteiger partial charge in [-0.1, -0.05) is 54.0 Å². The second kappa shape index (κ2) is 9.18. The van der Waals surface area contributed by atoms with Gasteiger partial charge in [0.05, 0.1) is 6.54 Å². The highest BCUT2D eigenvalue weighted by molar-refractivity contribution is 6.30. The summed E-state index contributed by atoms with van der Waals surface area (Å²) in [6, 6.07) is 21.0. The van der Waals surface area contributed by atoms with Crippen LogP contribution in [0.25, 0.3) is 22.2 Å². The highest BCUT2D eigenvalue weighted by Gasteiger charge is 2.24. The SMILES string of the molecule is CC[C@H](Oc1ccc2ccccc2c1)C(=O)N(C)Cc1nc(-c2ccc(Cl)cc2)no1. The number of carbonyl (C=O) groups excluding carboxylic acids is 1. The molecule has 1 amide bonds. The van der Waals surface area contributed by atoms with Crippen molar-refractivity contribution in [2.75, 3.05) is 7.05 Å². The molecule has 3 aromatic carbocycles. The summed E-state index contributed by atoms with van der Waals surface area (Å²) >= 11 is 5.92. The van der Waals surface area contributed by atoms with Crippen molar-refractivity contribution in [2.24, 2.45) is 0 Å². The topological polar surface area (TPSA) is 68.5 Å². The van der Waals surface area contributed by atoms with Gasteiger partial charge in [-0.15, -0.1) is 0 Å². The summed E-state index contributed by atoms with van der Waals surface area (Å²) < 4.78 is 11.3. The molecule has 0 N–H and O–H groups in total. The van der Waals surface area contributed by atoms with Crippen molar-refractivity contribution in [3.8, 4) is 17.1 Å². The van der Waals surface area contributed by atoms with Gasteiger partial charge in [-0.3, -0.25) is 4.79 Å². The Kier molecular flexibility index (Phi) is 6.18. The zero-order chi connectivity index (χ0) is 21.8. The average Bonchev–Trinajstić information content (AvgIpc) is 3.25. The molecule has 0 unspecified atom stereocenters. The van der Waals surface area contributed by atoms with Gasteiger partial charge in [0.2, 0.25) is 11.7 Å².